The molecule has 1 aromatic rings. The summed E-state index contributed by atoms with van der Waals surface area (Å²) >= 11 is 0. The molecule has 2 N–H and O–H groups in total. The van der Waals surface area contributed by atoms with Crippen LogP contribution >= 0.6 is 0 Å². The lowest BCUT2D eigenvalue weighted by molar-refractivity contribution is 0.105. The van der Waals surface area contributed by atoms with Crippen LogP contribution in [0.4, 0.5) is 4.79 Å². The van der Waals surface area contributed by atoms with Crippen molar-refractivity contribution in [2.24, 2.45) is 5.14 Å². The van der Waals surface area contributed by atoms with Gasteiger partial charge in [0.1, 0.15) is 6.61 Å². The number of carbonyl (C=O) groups excluding carboxylic acids is 1. The molecule has 0 radical (unpaired) electrons. The van der Waals surface area contributed by atoms with Gasteiger partial charge in [-0.15, -0.1) is 0 Å². The molecule has 1 aromatic carbocycles. The fourth-order valence-corrected chi connectivity index (χ4v) is 1.96. The number of hydrogen-bond donors (Lipinski definition) is 1. The van der Waals surface area contributed by atoms with Crippen LogP contribution < -0.4 is 5.14 Å². The number of benzene rings is 1. The van der Waals surface area contributed by atoms with E-state index in [-0.39, 0.29) is 25.3 Å². The van der Waals surface area contributed by atoms with Gasteiger partial charge in [0.25, 0.3) is 0 Å². The van der Waals surface area contributed by atoms with Crippen molar-refractivity contribution in [1.82, 2.24) is 4.90 Å². The molecular formula is C12H18N2O4S. The summed E-state index contributed by atoms with van der Waals surface area (Å²) in [4.78, 5) is 12.9. The van der Waals surface area contributed by atoms with Crippen LogP contribution in [0.5, 0.6) is 0 Å². The van der Waals surface area contributed by atoms with Crippen LogP contribution in [0.25, 0.3) is 0 Å². The van der Waals surface area contributed by atoms with Crippen molar-refractivity contribution >= 4 is 16.1 Å². The van der Waals surface area contributed by atoms with Gasteiger partial charge in [-0.3, -0.25) is 0 Å². The second-order valence-corrected chi connectivity index (χ2v) is 5.92. The van der Waals surface area contributed by atoms with E-state index < -0.39 is 16.1 Å². The highest BCUT2D eigenvalue weighted by molar-refractivity contribution is 7.89. The second kappa shape index (κ2) is 7.10. The molecule has 6 nitrogen and oxygen atoms in total. The molecule has 0 atom stereocenters. The Kier molecular flexibility index (Phi) is 5.78. The summed E-state index contributed by atoms with van der Waals surface area (Å²) in [6.07, 6.45) is -0.200. The molecule has 1 amide bonds. The first-order valence-corrected chi connectivity index (χ1v) is 7.52. The second-order valence-electron chi connectivity index (χ2n) is 4.18. The molecule has 0 saturated heterocycles. The largest absolute Gasteiger partial charge is 0.445 e. The number of hydrogen-bond acceptors (Lipinski definition) is 4. The molecule has 0 aliphatic rings. The highest BCUT2D eigenvalue weighted by atomic mass is 32.2. The Balaban J connectivity index is 2.29. The van der Waals surface area contributed by atoms with Crippen molar-refractivity contribution < 1.29 is 17.9 Å². The smallest absolute Gasteiger partial charge is 0.409 e. The number of nitrogens with two attached hydrogens (primary N) is 1. The number of sulfonamides is 1. The number of primary sulfonamides is 1. The third-order valence-corrected chi connectivity index (χ3v) is 3.30. The normalized spacial score (nSPS) is 11.1. The Labute approximate surface area is 113 Å². The molecule has 0 aliphatic carbocycles. The van der Waals surface area contributed by atoms with E-state index in [9.17, 15) is 13.2 Å². The quantitative estimate of drug-likeness (QED) is 0.842. The zero-order valence-electron chi connectivity index (χ0n) is 10.8. The fourth-order valence-electron chi connectivity index (χ4n) is 1.42. The topological polar surface area (TPSA) is 89.7 Å². The lowest BCUT2D eigenvalue weighted by atomic mass is 10.2. The average molecular weight is 286 g/mol. The Morgan fingerprint density at radius 1 is 1.32 bits per heavy atom. The Morgan fingerprint density at radius 2 is 1.95 bits per heavy atom. The molecule has 0 aromatic heterocycles. The molecule has 7 heteroatoms. The lowest BCUT2D eigenvalue weighted by Gasteiger charge is -2.16. The standard InChI is InChI=1S/C12H18N2O4S/c1-14(8-5-9-19(13,16)17)12(15)18-10-11-6-3-2-4-7-11/h2-4,6-7H,5,8-10H2,1H3,(H2,13,16,17). The highest BCUT2D eigenvalue weighted by Gasteiger charge is 2.11. The van der Waals surface area contributed by atoms with Gasteiger partial charge in [-0.25, -0.2) is 18.4 Å². The molecule has 0 saturated carbocycles. The SMILES string of the molecule is CN(CCCS(N)(=O)=O)C(=O)OCc1ccccc1. The van der Waals surface area contributed by atoms with E-state index in [1.54, 1.807) is 7.05 Å². The molecule has 0 fully saturated rings. The van der Waals surface area contributed by atoms with E-state index in [2.05, 4.69) is 0 Å². The third-order valence-electron chi connectivity index (χ3n) is 2.44. The van der Waals surface area contributed by atoms with E-state index in [0.717, 1.165) is 5.56 Å². The van der Waals surface area contributed by atoms with Gasteiger partial charge in [0.15, 0.2) is 0 Å². The highest BCUT2D eigenvalue weighted by Crippen LogP contribution is 2.02. The van der Waals surface area contributed by atoms with Crippen LogP contribution in [0.1, 0.15) is 12.0 Å². The summed E-state index contributed by atoms with van der Waals surface area (Å²) in [5, 5.41) is 4.87. The molecular weight excluding hydrogens is 268 g/mol. The molecule has 0 heterocycles. The van der Waals surface area contributed by atoms with Crippen molar-refractivity contribution in [2.75, 3.05) is 19.3 Å². The number of carbonyl (C=O) groups is 1. The van der Waals surface area contributed by atoms with E-state index in [4.69, 9.17) is 9.88 Å². The maximum atomic E-state index is 11.6. The third kappa shape index (κ3) is 6.78. The fraction of sp³-hybridized carbons (Fsp3) is 0.417. The van der Waals surface area contributed by atoms with Crippen molar-refractivity contribution in [1.29, 1.82) is 0 Å². The van der Waals surface area contributed by atoms with Crippen LogP contribution in [-0.4, -0.2) is 38.8 Å². The number of amides is 1. The maximum absolute atomic E-state index is 11.6. The van der Waals surface area contributed by atoms with E-state index in [1.165, 1.54) is 4.90 Å². The number of ether oxygens (including phenoxy) is 1. The van der Waals surface area contributed by atoms with Gasteiger partial charge in [-0.05, 0) is 12.0 Å². The molecule has 0 aliphatic heterocycles. The summed E-state index contributed by atoms with van der Waals surface area (Å²) in [7, 11) is -1.93. The molecule has 0 spiro atoms. The van der Waals surface area contributed by atoms with Gasteiger partial charge in [-0.1, -0.05) is 30.3 Å². The number of nitrogens with zero attached hydrogens (tertiary/aromatic N) is 1. The zero-order chi connectivity index (χ0) is 14.3. The monoisotopic (exact) mass is 286 g/mol. The van der Waals surface area contributed by atoms with Crippen LogP contribution in [0.15, 0.2) is 30.3 Å². The predicted octanol–water partition coefficient (Wildman–Crippen LogP) is 0.934. The lowest BCUT2D eigenvalue weighted by Crippen LogP contribution is -2.30. The van der Waals surface area contributed by atoms with E-state index in [1.807, 2.05) is 30.3 Å². The van der Waals surface area contributed by atoms with Crippen molar-refractivity contribution in [2.45, 2.75) is 13.0 Å². The van der Waals surface area contributed by atoms with Gasteiger partial charge in [-0.2, -0.15) is 0 Å². The van der Waals surface area contributed by atoms with Crippen LogP contribution in [0, 0.1) is 0 Å². The van der Waals surface area contributed by atoms with Crippen LogP contribution in [0.2, 0.25) is 0 Å². The molecule has 106 valence electrons. The first-order valence-electron chi connectivity index (χ1n) is 5.81. The summed E-state index contributed by atoms with van der Waals surface area (Å²) in [6, 6.07) is 9.31. The number of rotatable bonds is 6. The van der Waals surface area contributed by atoms with Gasteiger partial charge in [0, 0.05) is 13.6 Å². The molecule has 19 heavy (non-hydrogen) atoms. The molecule has 1 rings (SSSR count). The molecule has 0 bridgehead atoms. The average Bonchev–Trinajstić information content (AvgIpc) is 2.35. The zero-order valence-corrected chi connectivity index (χ0v) is 11.6. The first-order chi connectivity index (χ1) is 8.88. The first kappa shape index (κ1) is 15.5. The molecule has 0 unspecified atom stereocenters. The summed E-state index contributed by atoms with van der Waals surface area (Å²) in [5.41, 5.74) is 0.897. The van der Waals surface area contributed by atoms with Crippen molar-refractivity contribution in [3.63, 3.8) is 0 Å². The van der Waals surface area contributed by atoms with Gasteiger partial charge in [0.2, 0.25) is 10.0 Å². The minimum Gasteiger partial charge on any atom is -0.445 e. The van der Waals surface area contributed by atoms with E-state index >= 15 is 0 Å². The van der Waals surface area contributed by atoms with Crippen molar-refractivity contribution in [3.8, 4) is 0 Å². The summed E-state index contributed by atoms with van der Waals surface area (Å²) in [5.74, 6) is -0.149. The van der Waals surface area contributed by atoms with Crippen LogP contribution in [0.3, 0.4) is 0 Å². The van der Waals surface area contributed by atoms with Gasteiger partial charge < -0.3 is 9.64 Å². The van der Waals surface area contributed by atoms with Crippen molar-refractivity contribution in [3.05, 3.63) is 35.9 Å². The van der Waals surface area contributed by atoms with E-state index in [0.29, 0.717) is 0 Å². The maximum Gasteiger partial charge on any atom is 0.409 e. The Hall–Kier alpha value is -1.60. The Bertz CT molecular complexity index is 502. The summed E-state index contributed by atoms with van der Waals surface area (Å²) < 4.78 is 26.6. The van der Waals surface area contributed by atoms with Crippen LogP contribution in [-0.2, 0) is 21.4 Å². The van der Waals surface area contributed by atoms with Gasteiger partial charge in [0.05, 0.1) is 5.75 Å². The Morgan fingerprint density at radius 3 is 2.53 bits per heavy atom. The minimum atomic E-state index is -3.48. The summed E-state index contributed by atoms with van der Waals surface area (Å²) in [6.45, 7) is 0.475. The predicted molar refractivity (Wildman–Crippen MR) is 71.8 cm³/mol. The minimum absolute atomic E-state index is 0.149. The van der Waals surface area contributed by atoms with Gasteiger partial charge >= 0.3 is 6.09 Å².